The minimum atomic E-state index is 0.147. The lowest BCUT2D eigenvalue weighted by Gasteiger charge is -2.17. The van der Waals surface area contributed by atoms with Crippen LogP contribution in [0.3, 0.4) is 0 Å². The van der Waals surface area contributed by atoms with Gasteiger partial charge in [-0.2, -0.15) is 0 Å². The average Bonchev–Trinajstić information content (AvgIpc) is 2.49. The van der Waals surface area contributed by atoms with Gasteiger partial charge in [0.05, 0.1) is 18.0 Å². The van der Waals surface area contributed by atoms with Gasteiger partial charge in [0.1, 0.15) is 0 Å². The zero-order valence-electron chi connectivity index (χ0n) is 12.7. The summed E-state index contributed by atoms with van der Waals surface area (Å²) in [5.74, 6) is 1.60. The van der Waals surface area contributed by atoms with Gasteiger partial charge in [0.25, 0.3) is 0 Å². The van der Waals surface area contributed by atoms with Crippen LogP contribution in [0.5, 0.6) is 11.5 Å². The Morgan fingerprint density at radius 2 is 1.62 bits per heavy atom. The molecule has 112 valence electrons. The summed E-state index contributed by atoms with van der Waals surface area (Å²) in [6.07, 6.45) is 0. The van der Waals surface area contributed by atoms with Gasteiger partial charge in [0, 0.05) is 0 Å². The molecule has 21 heavy (non-hydrogen) atoms. The molecular formula is C18H21BrO2. The molecule has 0 aromatic heterocycles. The van der Waals surface area contributed by atoms with E-state index in [1.165, 1.54) is 11.1 Å². The van der Waals surface area contributed by atoms with Crippen LogP contribution in [-0.4, -0.2) is 13.2 Å². The van der Waals surface area contributed by atoms with Crippen molar-refractivity contribution in [3.63, 3.8) is 0 Å². The first kappa shape index (κ1) is 15.9. The summed E-state index contributed by atoms with van der Waals surface area (Å²) >= 11 is 3.80. The number of aryl methyl sites for hydroxylation is 1. The first-order valence-corrected chi connectivity index (χ1v) is 8.18. The SMILES string of the molecule is CCOc1ccc(C(Br)c2ccccc2C)cc1OCC. The van der Waals surface area contributed by atoms with Crippen molar-refractivity contribution in [2.75, 3.05) is 13.2 Å². The molecule has 0 heterocycles. The van der Waals surface area contributed by atoms with E-state index in [0.717, 1.165) is 17.1 Å². The van der Waals surface area contributed by atoms with Crippen molar-refractivity contribution in [2.24, 2.45) is 0 Å². The molecule has 1 atom stereocenters. The number of hydrogen-bond acceptors (Lipinski definition) is 2. The minimum Gasteiger partial charge on any atom is -0.490 e. The second-order valence-electron chi connectivity index (χ2n) is 4.79. The van der Waals surface area contributed by atoms with Gasteiger partial charge < -0.3 is 9.47 Å². The average molecular weight is 349 g/mol. The monoisotopic (exact) mass is 348 g/mol. The first-order chi connectivity index (χ1) is 10.2. The second-order valence-corrected chi connectivity index (χ2v) is 5.71. The summed E-state index contributed by atoms with van der Waals surface area (Å²) in [4.78, 5) is 0.147. The van der Waals surface area contributed by atoms with E-state index in [1.807, 2.05) is 19.9 Å². The van der Waals surface area contributed by atoms with Gasteiger partial charge in [-0.05, 0) is 49.6 Å². The highest BCUT2D eigenvalue weighted by atomic mass is 79.9. The molecule has 0 aliphatic heterocycles. The zero-order valence-corrected chi connectivity index (χ0v) is 14.3. The van der Waals surface area contributed by atoms with E-state index in [9.17, 15) is 0 Å². The lowest BCUT2D eigenvalue weighted by atomic mass is 10.0. The Morgan fingerprint density at radius 3 is 2.29 bits per heavy atom. The Balaban J connectivity index is 2.35. The smallest absolute Gasteiger partial charge is 0.161 e. The quantitative estimate of drug-likeness (QED) is 0.661. The number of halogens is 1. The van der Waals surface area contributed by atoms with Gasteiger partial charge in [-0.15, -0.1) is 0 Å². The predicted octanol–water partition coefficient (Wildman–Crippen LogP) is 5.28. The van der Waals surface area contributed by atoms with Gasteiger partial charge in [-0.1, -0.05) is 46.3 Å². The fraction of sp³-hybridized carbons (Fsp3) is 0.333. The van der Waals surface area contributed by atoms with E-state index in [2.05, 4.69) is 59.3 Å². The Labute approximate surface area is 135 Å². The van der Waals surface area contributed by atoms with Crippen molar-refractivity contribution < 1.29 is 9.47 Å². The van der Waals surface area contributed by atoms with Crippen molar-refractivity contribution in [1.29, 1.82) is 0 Å². The van der Waals surface area contributed by atoms with E-state index < -0.39 is 0 Å². The van der Waals surface area contributed by atoms with Gasteiger partial charge >= 0.3 is 0 Å². The second kappa shape index (κ2) is 7.51. The van der Waals surface area contributed by atoms with E-state index in [0.29, 0.717) is 13.2 Å². The minimum absolute atomic E-state index is 0.147. The van der Waals surface area contributed by atoms with Gasteiger partial charge in [-0.25, -0.2) is 0 Å². The predicted molar refractivity (Wildman–Crippen MR) is 90.7 cm³/mol. The third kappa shape index (κ3) is 3.79. The van der Waals surface area contributed by atoms with Crippen LogP contribution < -0.4 is 9.47 Å². The molecule has 0 bridgehead atoms. The highest BCUT2D eigenvalue weighted by Gasteiger charge is 2.15. The first-order valence-electron chi connectivity index (χ1n) is 7.26. The van der Waals surface area contributed by atoms with Crippen molar-refractivity contribution in [1.82, 2.24) is 0 Å². The Kier molecular flexibility index (Phi) is 5.68. The third-order valence-corrected chi connectivity index (χ3v) is 4.34. The summed E-state index contributed by atoms with van der Waals surface area (Å²) in [6, 6.07) is 14.5. The molecule has 2 aromatic carbocycles. The molecule has 0 spiro atoms. The van der Waals surface area contributed by atoms with Crippen LogP contribution >= 0.6 is 15.9 Å². The number of hydrogen-bond donors (Lipinski definition) is 0. The number of ether oxygens (including phenoxy) is 2. The molecule has 1 unspecified atom stereocenters. The topological polar surface area (TPSA) is 18.5 Å². The molecule has 2 aromatic rings. The van der Waals surface area contributed by atoms with Crippen molar-refractivity contribution in [3.8, 4) is 11.5 Å². The fourth-order valence-electron chi connectivity index (χ4n) is 2.28. The van der Waals surface area contributed by atoms with Crippen LogP contribution in [0.4, 0.5) is 0 Å². The molecular weight excluding hydrogens is 328 g/mol. The maximum Gasteiger partial charge on any atom is 0.161 e. The zero-order chi connectivity index (χ0) is 15.2. The summed E-state index contributed by atoms with van der Waals surface area (Å²) in [6.45, 7) is 7.34. The van der Waals surface area contributed by atoms with Crippen LogP contribution in [0.2, 0.25) is 0 Å². The standard InChI is InChI=1S/C18H21BrO2/c1-4-20-16-11-10-14(12-17(16)21-5-2)18(19)15-9-7-6-8-13(15)3/h6-12,18H,4-5H2,1-3H3. The van der Waals surface area contributed by atoms with Crippen LogP contribution in [0.15, 0.2) is 42.5 Å². The van der Waals surface area contributed by atoms with Crippen LogP contribution in [0.25, 0.3) is 0 Å². The molecule has 2 rings (SSSR count). The molecule has 0 aliphatic carbocycles. The van der Waals surface area contributed by atoms with E-state index >= 15 is 0 Å². The third-order valence-electron chi connectivity index (χ3n) is 3.32. The summed E-state index contributed by atoms with van der Waals surface area (Å²) in [5.41, 5.74) is 3.70. The normalized spacial score (nSPS) is 12.0. The van der Waals surface area contributed by atoms with Crippen LogP contribution in [0, 0.1) is 6.92 Å². The van der Waals surface area contributed by atoms with E-state index in [1.54, 1.807) is 0 Å². The summed E-state index contributed by atoms with van der Waals surface area (Å²) < 4.78 is 11.3. The molecule has 0 fully saturated rings. The van der Waals surface area contributed by atoms with Crippen LogP contribution in [0.1, 0.15) is 35.4 Å². The summed E-state index contributed by atoms with van der Waals surface area (Å²) in [5, 5.41) is 0. The summed E-state index contributed by atoms with van der Waals surface area (Å²) in [7, 11) is 0. The number of benzene rings is 2. The van der Waals surface area contributed by atoms with E-state index in [-0.39, 0.29) is 4.83 Å². The highest BCUT2D eigenvalue weighted by Crippen LogP contribution is 2.37. The molecule has 3 heteroatoms. The maximum absolute atomic E-state index is 5.70. The molecule has 2 nitrogen and oxygen atoms in total. The Bertz CT molecular complexity index is 596. The molecule has 0 radical (unpaired) electrons. The lowest BCUT2D eigenvalue weighted by Crippen LogP contribution is -2.01. The Morgan fingerprint density at radius 1 is 0.952 bits per heavy atom. The van der Waals surface area contributed by atoms with Gasteiger partial charge in [0.2, 0.25) is 0 Å². The number of rotatable bonds is 6. The largest absolute Gasteiger partial charge is 0.490 e. The molecule has 0 amide bonds. The van der Waals surface area contributed by atoms with Crippen LogP contribution in [-0.2, 0) is 0 Å². The lowest BCUT2D eigenvalue weighted by molar-refractivity contribution is 0.287. The van der Waals surface area contributed by atoms with Crippen molar-refractivity contribution in [3.05, 3.63) is 59.2 Å². The van der Waals surface area contributed by atoms with Crippen molar-refractivity contribution in [2.45, 2.75) is 25.6 Å². The van der Waals surface area contributed by atoms with Gasteiger partial charge in [0.15, 0.2) is 11.5 Å². The molecule has 0 saturated heterocycles. The maximum atomic E-state index is 5.70. The van der Waals surface area contributed by atoms with Gasteiger partial charge in [-0.3, -0.25) is 0 Å². The Hall–Kier alpha value is -1.48. The fourth-order valence-corrected chi connectivity index (χ4v) is 3.07. The number of alkyl halides is 1. The highest BCUT2D eigenvalue weighted by molar-refractivity contribution is 9.09. The van der Waals surface area contributed by atoms with E-state index in [4.69, 9.17) is 9.47 Å². The molecule has 0 aliphatic rings. The molecule has 0 saturated carbocycles. The molecule has 0 N–H and O–H groups in total. The van der Waals surface area contributed by atoms with Crippen molar-refractivity contribution >= 4 is 15.9 Å².